The molecule has 1 fully saturated rings. The Balaban J connectivity index is 2.41. The molecule has 1 heterocycles. The summed E-state index contributed by atoms with van der Waals surface area (Å²) in [7, 11) is 0. The van der Waals surface area contributed by atoms with E-state index in [1.54, 1.807) is 0 Å². The number of nitrogens with zero attached hydrogens (tertiary/aromatic N) is 1. The lowest BCUT2D eigenvalue weighted by atomic mass is 10.1. The summed E-state index contributed by atoms with van der Waals surface area (Å²) >= 11 is 0. The minimum atomic E-state index is -0.651. The summed E-state index contributed by atoms with van der Waals surface area (Å²) < 4.78 is 0. The molecule has 0 aromatic carbocycles. The van der Waals surface area contributed by atoms with Crippen molar-refractivity contribution in [3.05, 3.63) is 0 Å². The standard InChI is InChI=1S/C10H19NO2/c1-3-9(10(12)13)7-11-6-4-5-8(11)2/h8-9H,3-7H2,1-2H3,(H,12,13). The van der Waals surface area contributed by atoms with Crippen LogP contribution in [-0.2, 0) is 4.79 Å². The van der Waals surface area contributed by atoms with Gasteiger partial charge in [-0.25, -0.2) is 0 Å². The third-order valence-corrected chi connectivity index (χ3v) is 2.99. The molecule has 1 rings (SSSR count). The molecule has 0 radical (unpaired) electrons. The van der Waals surface area contributed by atoms with Gasteiger partial charge in [0.2, 0.25) is 0 Å². The largest absolute Gasteiger partial charge is 0.481 e. The zero-order valence-electron chi connectivity index (χ0n) is 8.49. The number of hydrogen-bond donors (Lipinski definition) is 1. The quantitative estimate of drug-likeness (QED) is 0.723. The lowest BCUT2D eigenvalue weighted by Crippen LogP contribution is -2.35. The Labute approximate surface area is 79.7 Å². The molecule has 2 unspecified atom stereocenters. The third-order valence-electron chi connectivity index (χ3n) is 2.99. The fraction of sp³-hybridized carbons (Fsp3) is 0.900. The Hall–Kier alpha value is -0.570. The zero-order valence-corrected chi connectivity index (χ0v) is 8.49. The molecule has 0 saturated carbocycles. The molecular weight excluding hydrogens is 166 g/mol. The SMILES string of the molecule is CCC(CN1CCCC1C)C(=O)O. The summed E-state index contributed by atoms with van der Waals surface area (Å²) in [6.07, 6.45) is 3.17. The second-order valence-electron chi connectivity index (χ2n) is 3.93. The Morgan fingerprint density at radius 1 is 1.69 bits per heavy atom. The van der Waals surface area contributed by atoms with Crippen LogP contribution in [0.25, 0.3) is 0 Å². The smallest absolute Gasteiger partial charge is 0.307 e. The molecule has 13 heavy (non-hydrogen) atoms. The van der Waals surface area contributed by atoms with Gasteiger partial charge >= 0.3 is 5.97 Å². The van der Waals surface area contributed by atoms with Crippen LogP contribution in [0.3, 0.4) is 0 Å². The fourth-order valence-electron chi connectivity index (χ4n) is 1.93. The molecule has 1 aliphatic rings. The first-order valence-electron chi connectivity index (χ1n) is 5.12. The van der Waals surface area contributed by atoms with Gasteiger partial charge < -0.3 is 5.11 Å². The number of aliphatic carboxylic acids is 1. The Bertz CT molecular complexity index is 182. The van der Waals surface area contributed by atoms with Crippen molar-refractivity contribution < 1.29 is 9.90 Å². The number of rotatable bonds is 4. The first-order valence-corrected chi connectivity index (χ1v) is 5.12. The summed E-state index contributed by atoms with van der Waals surface area (Å²) in [6, 6.07) is 0.577. The minimum absolute atomic E-state index is 0.180. The summed E-state index contributed by atoms with van der Waals surface area (Å²) in [6.45, 7) is 5.93. The Morgan fingerprint density at radius 3 is 2.77 bits per heavy atom. The Morgan fingerprint density at radius 2 is 2.38 bits per heavy atom. The average molecular weight is 185 g/mol. The van der Waals surface area contributed by atoms with Crippen molar-refractivity contribution in [2.24, 2.45) is 5.92 Å². The van der Waals surface area contributed by atoms with Crippen molar-refractivity contribution in [2.45, 2.75) is 39.2 Å². The van der Waals surface area contributed by atoms with E-state index in [0.29, 0.717) is 6.04 Å². The van der Waals surface area contributed by atoms with E-state index in [-0.39, 0.29) is 5.92 Å². The topological polar surface area (TPSA) is 40.5 Å². The highest BCUT2D eigenvalue weighted by Crippen LogP contribution is 2.18. The molecule has 0 aliphatic carbocycles. The molecule has 1 saturated heterocycles. The molecule has 0 spiro atoms. The van der Waals surface area contributed by atoms with Crippen molar-refractivity contribution in [1.29, 1.82) is 0 Å². The van der Waals surface area contributed by atoms with Crippen LogP contribution in [-0.4, -0.2) is 35.1 Å². The minimum Gasteiger partial charge on any atom is -0.481 e. The van der Waals surface area contributed by atoms with Crippen LogP contribution in [0, 0.1) is 5.92 Å². The molecule has 2 atom stereocenters. The molecule has 1 N–H and O–H groups in total. The van der Waals surface area contributed by atoms with Gasteiger partial charge in [-0.3, -0.25) is 9.69 Å². The van der Waals surface area contributed by atoms with Gasteiger partial charge in [0.15, 0.2) is 0 Å². The van der Waals surface area contributed by atoms with Crippen molar-refractivity contribution in [1.82, 2.24) is 4.90 Å². The molecule has 0 aromatic heterocycles. The van der Waals surface area contributed by atoms with Crippen molar-refractivity contribution in [3.63, 3.8) is 0 Å². The molecule has 0 amide bonds. The average Bonchev–Trinajstić information content (AvgIpc) is 2.46. The number of hydrogen-bond acceptors (Lipinski definition) is 2. The predicted molar refractivity (Wildman–Crippen MR) is 51.7 cm³/mol. The predicted octanol–water partition coefficient (Wildman–Crippen LogP) is 1.58. The molecule has 0 bridgehead atoms. The zero-order chi connectivity index (χ0) is 9.84. The maximum atomic E-state index is 10.8. The highest BCUT2D eigenvalue weighted by Gasteiger charge is 2.25. The van der Waals surface area contributed by atoms with E-state index < -0.39 is 5.97 Å². The van der Waals surface area contributed by atoms with Crippen LogP contribution in [0.5, 0.6) is 0 Å². The van der Waals surface area contributed by atoms with Gasteiger partial charge in [-0.05, 0) is 32.7 Å². The molecular formula is C10H19NO2. The fourth-order valence-corrected chi connectivity index (χ4v) is 1.93. The number of carboxylic acid groups (broad SMARTS) is 1. The molecule has 1 aliphatic heterocycles. The summed E-state index contributed by atoms with van der Waals surface area (Å²) in [4.78, 5) is 13.1. The van der Waals surface area contributed by atoms with E-state index in [1.807, 2.05) is 6.92 Å². The van der Waals surface area contributed by atoms with Gasteiger partial charge in [-0.15, -0.1) is 0 Å². The van der Waals surface area contributed by atoms with E-state index in [0.717, 1.165) is 19.5 Å². The van der Waals surface area contributed by atoms with Crippen LogP contribution in [0.4, 0.5) is 0 Å². The van der Waals surface area contributed by atoms with Gasteiger partial charge in [0, 0.05) is 12.6 Å². The van der Waals surface area contributed by atoms with Gasteiger partial charge in [0.1, 0.15) is 0 Å². The van der Waals surface area contributed by atoms with Crippen molar-refractivity contribution >= 4 is 5.97 Å². The van der Waals surface area contributed by atoms with E-state index >= 15 is 0 Å². The lowest BCUT2D eigenvalue weighted by Gasteiger charge is -2.23. The van der Waals surface area contributed by atoms with Crippen LogP contribution >= 0.6 is 0 Å². The maximum Gasteiger partial charge on any atom is 0.307 e. The second-order valence-corrected chi connectivity index (χ2v) is 3.93. The first kappa shape index (κ1) is 10.5. The van der Waals surface area contributed by atoms with Gasteiger partial charge in [0.25, 0.3) is 0 Å². The van der Waals surface area contributed by atoms with Crippen molar-refractivity contribution in [3.8, 4) is 0 Å². The molecule has 3 heteroatoms. The molecule has 0 aromatic rings. The van der Waals surface area contributed by atoms with E-state index in [9.17, 15) is 4.79 Å². The lowest BCUT2D eigenvalue weighted by molar-refractivity contribution is -0.142. The number of carbonyl (C=O) groups is 1. The second kappa shape index (κ2) is 4.61. The van der Waals surface area contributed by atoms with E-state index in [4.69, 9.17) is 5.11 Å². The number of carboxylic acids is 1. The van der Waals surface area contributed by atoms with E-state index in [1.165, 1.54) is 12.8 Å². The summed E-state index contributed by atoms with van der Waals surface area (Å²) in [5.74, 6) is -0.831. The van der Waals surface area contributed by atoms with Crippen LogP contribution < -0.4 is 0 Å². The first-order chi connectivity index (χ1) is 6.15. The van der Waals surface area contributed by atoms with E-state index in [2.05, 4.69) is 11.8 Å². The highest BCUT2D eigenvalue weighted by molar-refractivity contribution is 5.70. The maximum absolute atomic E-state index is 10.8. The molecule has 3 nitrogen and oxygen atoms in total. The van der Waals surface area contributed by atoms with Gasteiger partial charge in [-0.2, -0.15) is 0 Å². The van der Waals surface area contributed by atoms with Crippen LogP contribution in [0.1, 0.15) is 33.1 Å². The van der Waals surface area contributed by atoms with Crippen LogP contribution in [0.2, 0.25) is 0 Å². The monoisotopic (exact) mass is 185 g/mol. The Kier molecular flexibility index (Phi) is 3.72. The van der Waals surface area contributed by atoms with Gasteiger partial charge in [0.05, 0.1) is 5.92 Å². The third kappa shape index (κ3) is 2.69. The normalized spacial score (nSPS) is 26.2. The summed E-state index contributed by atoms with van der Waals surface area (Å²) in [5, 5.41) is 8.89. The van der Waals surface area contributed by atoms with Crippen LogP contribution in [0.15, 0.2) is 0 Å². The summed E-state index contributed by atoms with van der Waals surface area (Å²) in [5.41, 5.74) is 0. The van der Waals surface area contributed by atoms with Gasteiger partial charge in [-0.1, -0.05) is 6.92 Å². The number of likely N-dealkylation sites (tertiary alicyclic amines) is 1. The molecule has 76 valence electrons. The van der Waals surface area contributed by atoms with Crippen molar-refractivity contribution in [2.75, 3.05) is 13.1 Å². The highest BCUT2D eigenvalue weighted by atomic mass is 16.4.